The average Bonchev–Trinajstić information content (AvgIpc) is 2.80. The molecule has 1 aliphatic heterocycles. The molecule has 1 saturated heterocycles. The molecule has 0 saturated carbocycles. The monoisotopic (exact) mass is 360 g/mol. The zero-order valence-electron chi connectivity index (χ0n) is 11.9. The molecule has 0 aromatic heterocycles. The van der Waals surface area contributed by atoms with Crippen LogP contribution in [0.3, 0.4) is 0 Å². The molecule has 2 aromatic carbocycles. The maximum atomic E-state index is 12.8. The van der Waals surface area contributed by atoms with Crippen molar-refractivity contribution in [2.24, 2.45) is 0 Å². The van der Waals surface area contributed by atoms with Crippen molar-refractivity contribution in [1.29, 1.82) is 0 Å². The molecule has 3 rings (SSSR count). The fraction of sp³-hybridized carbons (Fsp3) is 0.214. The summed E-state index contributed by atoms with van der Waals surface area (Å²) in [5, 5.41) is 10.5. The lowest BCUT2D eigenvalue weighted by molar-refractivity contribution is -0.137. The molecule has 10 heteroatoms. The SMILES string of the molecule is O=CC1CN(c2cc3cc(C(F)(F)F)ccc3cc2O)S(=O)(=O)N1. The van der Waals surface area contributed by atoms with Gasteiger partial charge in [-0.25, -0.2) is 0 Å². The molecule has 24 heavy (non-hydrogen) atoms. The summed E-state index contributed by atoms with van der Waals surface area (Å²) in [6.07, 6.45) is -4.15. The summed E-state index contributed by atoms with van der Waals surface area (Å²) in [5.74, 6) is -0.417. The topological polar surface area (TPSA) is 86.7 Å². The van der Waals surface area contributed by atoms with Crippen molar-refractivity contribution >= 4 is 33.0 Å². The Hall–Kier alpha value is -2.33. The van der Waals surface area contributed by atoms with Gasteiger partial charge in [0.25, 0.3) is 0 Å². The van der Waals surface area contributed by atoms with Gasteiger partial charge in [-0.05, 0) is 35.0 Å². The highest BCUT2D eigenvalue weighted by Gasteiger charge is 2.37. The van der Waals surface area contributed by atoms with E-state index in [-0.39, 0.29) is 17.6 Å². The van der Waals surface area contributed by atoms with Gasteiger partial charge < -0.3 is 9.90 Å². The van der Waals surface area contributed by atoms with E-state index in [2.05, 4.69) is 4.72 Å². The van der Waals surface area contributed by atoms with Gasteiger partial charge in [-0.1, -0.05) is 6.07 Å². The average molecular weight is 360 g/mol. The number of carbonyl (C=O) groups is 1. The first-order chi connectivity index (χ1) is 11.1. The number of benzene rings is 2. The number of phenolic OH excluding ortho intramolecular Hbond substituents is 1. The van der Waals surface area contributed by atoms with Crippen molar-refractivity contribution < 1.29 is 31.5 Å². The minimum atomic E-state index is -4.55. The predicted octanol–water partition coefficient (Wildman–Crippen LogP) is 1.79. The molecule has 128 valence electrons. The minimum absolute atomic E-state index is 0.113. The van der Waals surface area contributed by atoms with Gasteiger partial charge in [-0.3, -0.25) is 4.31 Å². The smallest absolute Gasteiger partial charge is 0.416 e. The van der Waals surface area contributed by atoms with E-state index in [1.165, 1.54) is 12.1 Å². The summed E-state index contributed by atoms with van der Waals surface area (Å²) in [6.45, 7) is -0.260. The van der Waals surface area contributed by atoms with Crippen LogP contribution in [0.2, 0.25) is 0 Å². The van der Waals surface area contributed by atoms with E-state index in [1.54, 1.807) is 0 Å². The lowest BCUT2D eigenvalue weighted by atomic mass is 10.1. The molecular weight excluding hydrogens is 349 g/mol. The van der Waals surface area contributed by atoms with Crippen molar-refractivity contribution in [1.82, 2.24) is 4.72 Å². The third-order valence-corrected chi connectivity index (χ3v) is 5.17. The van der Waals surface area contributed by atoms with Crippen LogP contribution in [-0.4, -0.2) is 32.4 Å². The van der Waals surface area contributed by atoms with Gasteiger partial charge >= 0.3 is 16.4 Å². The number of anilines is 1. The number of aromatic hydroxyl groups is 1. The first-order valence-electron chi connectivity index (χ1n) is 6.71. The van der Waals surface area contributed by atoms with Gasteiger partial charge in [0.05, 0.1) is 23.8 Å². The van der Waals surface area contributed by atoms with E-state index < -0.39 is 33.7 Å². The number of halogens is 3. The molecular formula is C14H11F3N2O4S. The predicted molar refractivity (Wildman–Crippen MR) is 79.9 cm³/mol. The number of nitrogens with one attached hydrogen (secondary N) is 1. The third kappa shape index (κ3) is 2.78. The number of carbonyl (C=O) groups excluding carboxylic acids is 1. The molecule has 2 aromatic rings. The summed E-state index contributed by atoms with van der Waals surface area (Å²) >= 11 is 0. The van der Waals surface area contributed by atoms with Gasteiger partial charge in [-0.15, -0.1) is 0 Å². The Morgan fingerprint density at radius 3 is 2.50 bits per heavy atom. The largest absolute Gasteiger partial charge is 0.506 e. The Morgan fingerprint density at radius 1 is 1.21 bits per heavy atom. The number of alkyl halides is 3. The molecule has 0 radical (unpaired) electrons. The van der Waals surface area contributed by atoms with E-state index in [0.717, 1.165) is 22.5 Å². The summed E-state index contributed by atoms with van der Waals surface area (Å²) in [4.78, 5) is 10.8. The summed E-state index contributed by atoms with van der Waals surface area (Å²) < 4.78 is 65.3. The van der Waals surface area contributed by atoms with Crippen LogP contribution in [0.25, 0.3) is 10.8 Å². The zero-order valence-corrected chi connectivity index (χ0v) is 12.7. The van der Waals surface area contributed by atoms with E-state index in [4.69, 9.17) is 0 Å². The molecule has 1 fully saturated rings. The van der Waals surface area contributed by atoms with Crippen molar-refractivity contribution in [2.45, 2.75) is 12.2 Å². The molecule has 0 aliphatic carbocycles. The molecule has 0 bridgehead atoms. The van der Waals surface area contributed by atoms with E-state index in [1.807, 2.05) is 0 Å². The Morgan fingerprint density at radius 2 is 1.92 bits per heavy atom. The van der Waals surface area contributed by atoms with Crippen LogP contribution in [0, 0.1) is 0 Å². The van der Waals surface area contributed by atoms with E-state index in [9.17, 15) is 31.5 Å². The van der Waals surface area contributed by atoms with Gasteiger partial charge in [0.1, 0.15) is 12.0 Å². The standard InChI is InChI=1S/C14H11F3N2O4S/c15-14(16,17)10-2-1-8-5-13(21)12(4-9(8)3-10)19-6-11(7-20)18-24(19,22)23/h1-5,7,11,18,21H,6H2. The maximum absolute atomic E-state index is 12.8. The molecule has 0 amide bonds. The first kappa shape index (κ1) is 16.5. The first-order valence-corrected chi connectivity index (χ1v) is 8.15. The number of nitrogens with zero attached hydrogens (tertiary/aromatic N) is 1. The normalized spacial score (nSPS) is 20.5. The molecule has 0 spiro atoms. The Bertz CT molecular complexity index is 927. The highest BCUT2D eigenvalue weighted by Crippen LogP contribution is 2.37. The summed E-state index contributed by atoms with van der Waals surface area (Å²) in [7, 11) is -4.06. The van der Waals surface area contributed by atoms with Gasteiger partial charge in [-0.2, -0.15) is 26.3 Å². The lowest BCUT2D eigenvalue weighted by Gasteiger charge is -2.18. The molecule has 1 heterocycles. The molecule has 2 N–H and O–H groups in total. The summed E-state index contributed by atoms with van der Waals surface area (Å²) in [6, 6.07) is 4.25. The lowest BCUT2D eigenvalue weighted by Crippen LogP contribution is -2.30. The number of phenols is 1. The number of hydrogen-bond acceptors (Lipinski definition) is 4. The second-order valence-corrected chi connectivity index (χ2v) is 6.92. The summed E-state index contributed by atoms with van der Waals surface area (Å²) in [5.41, 5.74) is -1.08. The van der Waals surface area contributed by atoms with Crippen molar-refractivity contribution in [3.05, 3.63) is 35.9 Å². The van der Waals surface area contributed by atoms with Crippen LogP contribution >= 0.6 is 0 Å². The van der Waals surface area contributed by atoms with Crippen molar-refractivity contribution in [3.8, 4) is 5.75 Å². The zero-order chi connectivity index (χ0) is 17.7. The number of fused-ring (bicyclic) bond motifs is 1. The number of hydrogen-bond donors (Lipinski definition) is 2. The maximum Gasteiger partial charge on any atom is 0.416 e. The fourth-order valence-electron chi connectivity index (χ4n) is 2.52. The molecule has 1 atom stereocenters. The second kappa shape index (κ2) is 5.35. The van der Waals surface area contributed by atoms with Crippen LogP contribution < -0.4 is 9.03 Å². The Balaban J connectivity index is 2.15. The van der Waals surface area contributed by atoms with Crippen LogP contribution in [0.15, 0.2) is 30.3 Å². The van der Waals surface area contributed by atoms with Gasteiger partial charge in [0, 0.05) is 0 Å². The van der Waals surface area contributed by atoms with Crippen LogP contribution in [0.4, 0.5) is 18.9 Å². The van der Waals surface area contributed by atoms with E-state index >= 15 is 0 Å². The van der Waals surface area contributed by atoms with Crippen molar-refractivity contribution in [3.63, 3.8) is 0 Å². The van der Waals surface area contributed by atoms with Crippen molar-refractivity contribution in [2.75, 3.05) is 10.8 Å². The van der Waals surface area contributed by atoms with Crippen LogP contribution in [0.5, 0.6) is 5.75 Å². The number of aldehydes is 1. The number of rotatable bonds is 2. The molecule has 6 nitrogen and oxygen atoms in total. The van der Waals surface area contributed by atoms with Gasteiger partial charge in [0.2, 0.25) is 0 Å². The fourth-order valence-corrected chi connectivity index (χ4v) is 3.92. The minimum Gasteiger partial charge on any atom is -0.506 e. The van der Waals surface area contributed by atoms with Crippen LogP contribution in [0.1, 0.15) is 5.56 Å². The van der Waals surface area contributed by atoms with Crippen LogP contribution in [-0.2, 0) is 21.2 Å². The highest BCUT2D eigenvalue weighted by molar-refractivity contribution is 7.91. The highest BCUT2D eigenvalue weighted by atomic mass is 32.2. The Labute approximate surface area is 134 Å². The van der Waals surface area contributed by atoms with E-state index in [0.29, 0.717) is 11.7 Å². The third-order valence-electron chi connectivity index (χ3n) is 3.65. The second-order valence-electron chi connectivity index (χ2n) is 5.30. The Kier molecular flexibility index (Phi) is 3.68. The van der Waals surface area contributed by atoms with Gasteiger partial charge in [0.15, 0.2) is 0 Å². The molecule has 1 unspecified atom stereocenters. The quantitative estimate of drug-likeness (QED) is 0.800. The molecule has 1 aliphatic rings.